The van der Waals surface area contributed by atoms with Crippen molar-refractivity contribution >= 4 is 45.5 Å². The molecule has 10 heteroatoms. The highest BCUT2D eigenvalue weighted by atomic mass is 32.2. The number of hydrogen-bond acceptors (Lipinski definition) is 6. The molecule has 0 unspecified atom stereocenters. The summed E-state index contributed by atoms with van der Waals surface area (Å²) >= 11 is 2.38. The highest BCUT2D eigenvalue weighted by molar-refractivity contribution is 8.12. The van der Waals surface area contributed by atoms with Gasteiger partial charge in [-0.1, -0.05) is 36.0 Å². The lowest BCUT2D eigenvalue weighted by atomic mass is 10.1. The van der Waals surface area contributed by atoms with Gasteiger partial charge in [-0.25, -0.2) is 15.2 Å². The summed E-state index contributed by atoms with van der Waals surface area (Å²) in [5.74, 6) is 0.311. The van der Waals surface area contributed by atoms with E-state index in [-0.39, 0.29) is 5.91 Å². The van der Waals surface area contributed by atoms with Crippen LogP contribution in [-0.2, 0) is 23.4 Å². The Balaban J connectivity index is 1.76. The topological polar surface area (TPSA) is 120 Å². The third-order valence-corrected chi connectivity index (χ3v) is 4.82. The lowest BCUT2D eigenvalue weighted by Crippen LogP contribution is -2.38. The van der Waals surface area contributed by atoms with Crippen LogP contribution >= 0.6 is 23.1 Å². The van der Waals surface area contributed by atoms with Crippen molar-refractivity contribution < 1.29 is 19.5 Å². The lowest BCUT2D eigenvalue weighted by molar-refractivity contribution is -0.114. The summed E-state index contributed by atoms with van der Waals surface area (Å²) in [7, 11) is 0. The maximum absolute atomic E-state index is 11.4. The number of benzene rings is 1. The van der Waals surface area contributed by atoms with Crippen LogP contribution in [0, 0.1) is 0 Å². The minimum absolute atomic E-state index is 0.133. The molecule has 0 aliphatic rings. The summed E-state index contributed by atoms with van der Waals surface area (Å²) in [4.78, 5) is 37.0. The molecule has 0 spiro atoms. The third kappa shape index (κ3) is 7.11. The molecule has 1 aromatic heterocycles. The molecule has 4 N–H and O–H groups in total. The molecule has 1 heterocycles. The zero-order valence-electron chi connectivity index (χ0n) is 13.9. The number of nitrogens with zero attached hydrogens (tertiary/aromatic N) is 1. The number of rotatable bonds is 6. The van der Waals surface area contributed by atoms with Crippen LogP contribution in [0.25, 0.3) is 0 Å². The molecule has 138 valence electrons. The first kappa shape index (κ1) is 19.7. The first-order chi connectivity index (χ1) is 12.4. The molecule has 2 rings (SSSR count). The number of hydrogen-bond donors (Lipinski definition) is 4. The number of aromatic nitrogens is 1. The van der Waals surface area contributed by atoms with Gasteiger partial charge in [0.15, 0.2) is 5.13 Å². The Bertz CT molecular complexity index is 777. The van der Waals surface area contributed by atoms with Crippen LogP contribution in [0.2, 0.25) is 0 Å². The Labute approximate surface area is 158 Å². The largest absolute Gasteiger partial charge is 0.464 e. The number of hydrazine groups is 1. The number of carbonyl (C=O) groups is 3. The molecule has 0 atom stereocenters. The maximum atomic E-state index is 11.4. The number of anilines is 1. The van der Waals surface area contributed by atoms with Gasteiger partial charge in [-0.05, 0) is 24.0 Å². The van der Waals surface area contributed by atoms with Crippen LogP contribution in [0.4, 0.5) is 14.7 Å². The van der Waals surface area contributed by atoms with Gasteiger partial charge in [0.05, 0.1) is 5.69 Å². The first-order valence-electron chi connectivity index (χ1n) is 7.64. The van der Waals surface area contributed by atoms with Crippen LogP contribution < -0.4 is 16.2 Å². The quantitative estimate of drug-likeness (QED) is 0.559. The van der Waals surface area contributed by atoms with E-state index >= 15 is 0 Å². The Hall–Kier alpha value is -2.59. The third-order valence-electron chi connectivity index (χ3n) is 3.17. The van der Waals surface area contributed by atoms with Crippen molar-refractivity contribution in [2.45, 2.75) is 25.5 Å². The molecule has 2 aromatic rings. The standard InChI is InChI=1S/C16H18N4O4S2/c1-10(21)17-14-18-13(9-25-14)7-6-11-2-4-12(5-3-11)8-26-16(24)20-19-15(22)23/h2-5,9,19H,6-8H2,1H3,(H,20,24)(H,22,23)(H,17,18,21). The minimum atomic E-state index is -1.31. The summed E-state index contributed by atoms with van der Waals surface area (Å²) in [6.07, 6.45) is 0.278. The van der Waals surface area contributed by atoms with Gasteiger partial charge in [0.2, 0.25) is 5.91 Å². The highest BCUT2D eigenvalue weighted by Gasteiger charge is 2.06. The average molecular weight is 394 g/mol. The monoisotopic (exact) mass is 394 g/mol. The van der Waals surface area contributed by atoms with Gasteiger partial charge in [-0.15, -0.1) is 11.3 Å². The van der Waals surface area contributed by atoms with Gasteiger partial charge in [0, 0.05) is 18.1 Å². The van der Waals surface area contributed by atoms with Crippen molar-refractivity contribution in [1.82, 2.24) is 15.8 Å². The normalized spacial score (nSPS) is 10.2. The Kier molecular flexibility index (Phi) is 7.42. The van der Waals surface area contributed by atoms with E-state index in [1.165, 1.54) is 18.3 Å². The zero-order chi connectivity index (χ0) is 18.9. The van der Waals surface area contributed by atoms with E-state index in [4.69, 9.17) is 5.11 Å². The Morgan fingerprint density at radius 1 is 1.12 bits per heavy atom. The SMILES string of the molecule is CC(=O)Nc1nc(CCc2ccc(CSC(=O)NNC(=O)O)cc2)cs1. The molecule has 3 amide bonds. The fraction of sp³-hybridized carbons (Fsp3) is 0.250. The van der Waals surface area contributed by atoms with Gasteiger partial charge in [0.25, 0.3) is 5.24 Å². The summed E-state index contributed by atoms with van der Waals surface area (Å²) < 4.78 is 0. The number of carbonyl (C=O) groups excluding carboxylic acids is 2. The highest BCUT2D eigenvalue weighted by Crippen LogP contribution is 2.18. The van der Waals surface area contributed by atoms with E-state index < -0.39 is 11.3 Å². The summed E-state index contributed by atoms with van der Waals surface area (Å²) in [6.45, 7) is 1.45. The number of carboxylic acid groups (broad SMARTS) is 1. The summed E-state index contributed by atoms with van der Waals surface area (Å²) in [5, 5.41) is 13.1. The molecule has 0 aliphatic heterocycles. The fourth-order valence-corrected chi connectivity index (χ4v) is 3.40. The molecular formula is C16H18N4O4S2. The fourth-order valence-electron chi connectivity index (χ4n) is 1.99. The van der Waals surface area contributed by atoms with Crippen LogP contribution in [0.3, 0.4) is 0 Å². The molecule has 26 heavy (non-hydrogen) atoms. The van der Waals surface area contributed by atoms with E-state index in [9.17, 15) is 14.4 Å². The van der Waals surface area contributed by atoms with Crippen LogP contribution in [0.5, 0.6) is 0 Å². The Morgan fingerprint density at radius 3 is 2.46 bits per heavy atom. The second-order valence-electron chi connectivity index (χ2n) is 5.27. The van der Waals surface area contributed by atoms with Gasteiger partial charge in [-0.3, -0.25) is 15.0 Å². The molecule has 0 radical (unpaired) electrons. The minimum Gasteiger partial charge on any atom is -0.464 e. The van der Waals surface area contributed by atoms with Crippen molar-refractivity contribution in [3.63, 3.8) is 0 Å². The second kappa shape index (κ2) is 9.78. The molecule has 8 nitrogen and oxygen atoms in total. The number of amides is 3. The molecule has 0 aliphatic carbocycles. The van der Waals surface area contributed by atoms with Gasteiger partial charge in [-0.2, -0.15) is 0 Å². The molecule has 0 bridgehead atoms. The summed E-state index contributed by atoms with van der Waals surface area (Å²) in [5.41, 5.74) is 6.90. The number of nitrogens with one attached hydrogen (secondary N) is 3. The van der Waals surface area contributed by atoms with Crippen molar-refractivity contribution in [2.75, 3.05) is 5.32 Å². The summed E-state index contributed by atoms with van der Waals surface area (Å²) in [6, 6.07) is 7.85. The van der Waals surface area contributed by atoms with E-state index in [1.54, 1.807) is 5.43 Å². The van der Waals surface area contributed by atoms with Crippen LogP contribution in [-0.4, -0.2) is 27.3 Å². The van der Waals surface area contributed by atoms with Gasteiger partial charge >= 0.3 is 6.09 Å². The lowest BCUT2D eigenvalue weighted by Gasteiger charge is -2.05. The number of aryl methyl sites for hydroxylation is 2. The zero-order valence-corrected chi connectivity index (χ0v) is 15.6. The van der Waals surface area contributed by atoms with Crippen molar-refractivity contribution in [3.8, 4) is 0 Å². The predicted molar refractivity (Wildman–Crippen MR) is 101 cm³/mol. The number of thiazole rings is 1. The maximum Gasteiger partial charge on any atom is 0.423 e. The average Bonchev–Trinajstić information content (AvgIpc) is 3.03. The van der Waals surface area contributed by atoms with Gasteiger partial charge in [0.1, 0.15) is 0 Å². The molecular weight excluding hydrogens is 376 g/mol. The second-order valence-corrected chi connectivity index (χ2v) is 7.08. The van der Waals surface area contributed by atoms with Gasteiger partial charge < -0.3 is 10.4 Å². The van der Waals surface area contributed by atoms with Crippen molar-refractivity contribution in [1.29, 1.82) is 0 Å². The van der Waals surface area contributed by atoms with E-state index in [1.807, 2.05) is 29.6 Å². The molecule has 0 fully saturated rings. The predicted octanol–water partition coefficient (Wildman–Crippen LogP) is 3.01. The van der Waals surface area contributed by atoms with E-state index in [2.05, 4.69) is 15.7 Å². The van der Waals surface area contributed by atoms with Crippen LogP contribution in [0.15, 0.2) is 29.6 Å². The van der Waals surface area contributed by atoms with E-state index in [0.29, 0.717) is 10.9 Å². The van der Waals surface area contributed by atoms with Crippen LogP contribution in [0.1, 0.15) is 23.7 Å². The smallest absolute Gasteiger partial charge is 0.423 e. The van der Waals surface area contributed by atoms with Crippen molar-refractivity contribution in [2.24, 2.45) is 0 Å². The first-order valence-corrected chi connectivity index (χ1v) is 9.50. The molecule has 0 saturated carbocycles. The number of thioether (sulfide) groups is 1. The van der Waals surface area contributed by atoms with E-state index in [0.717, 1.165) is 41.4 Å². The molecule has 0 saturated heterocycles. The Morgan fingerprint density at radius 2 is 1.81 bits per heavy atom. The molecule has 1 aromatic carbocycles. The van der Waals surface area contributed by atoms with Crippen molar-refractivity contribution in [3.05, 3.63) is 46.5 Å².